The van der Waals surface area contributed by atoms with Gasteiger partial charge in [0.2, 0.25) is 0 Å². The monoisotopic (exact) mass is 199 g/mol. The Labute approximate surface area is 82.0 Å². The van der Waals surface area contributed by atoms with Crippen LogP contribution in [0.2, 0.25) is 0 Å². The lowest BCUT2D eigenvalue weighted by Crippen LogP contribution is -1.99. The van der Waals surface area contributed by atoms with E-state index in [1.807, 2.05) is 0 Å². The minimum absolute atomic E-state index is 0.409. The van der Waals surface area contributed by atoms with Gasteiger partial charge in [0.15, 0.2) is 17.3 Å². The second-order valence-corrected chi connectivity index (χ2v) is 3.19. The largest absolute Gasteiger partial charge is 0.504 e. The Morgan fingerprint density at radius 2 is 1.93 bits per heavy atom. The molecule has 14 heavy (non-hydrogen) atoms. The Balaban J connectivity index is 2.69. The van der Waals surface area contributed by atoms with Crippen molar-refractivity contribution in [3.05, 3.63) is 23.5 Å². The topological polar surface area (TPSA) is 66.5 Å². The van der Waals surface area contributed by atoms with Gasteiger partial charge in [0.05, 0.1) is 0 Å². The van der Waals surface area contributed by atoms with E-state index in [0.29, 0.717) is 18.5 Å². The van der Waals surface area contributed by atoms with Crippen LogP contribution in [0.1, 0.15) is 18.4 Å². The van der Waals surface area contributed by atoms with Gasteiger partial charge in [-0.25, -0.2) is 4.39 Å². The molecule has 0 unspecified atom stereocenters. The van der Waals surface area contributed by atoms with E-state index in [0.717, 1.165) is 12.8 Å². The molecule has 0 aliphatic heterocycles. The Morgan fingerprint density at radius 1 is 1.21 bits per heavy atom. The molecule has 78 valence electrons. The number of phenols is 2. The highest BCUT2D eigenvalue weighted by molar-refractivity contribution is 5.41. The molecule has 0 atom stereocenters. The maximum Gasteiger partial charge on any atom is 0.194 e. The zero-order valence-electron chi connectivity index (χ0n) is 7.83. The minimum atomic E-state index is -0.784. The van der Waals surface area contributed by atoms with Crippen molar-refractivity contribution in [1.82, 2.24) is 0 Å². The zero-order chi connectivity index (χ0) is 10.6. The molecular formula is C10H14FNO2. The van der Waals surface area contributed by atoms with E-state index in [4.69, 9.17) is 15.9 Å². The molecule has 1 aromatic rings. The van der Waals surface area contributed by atoms with Gasteiger partial charge in [-0.3, -0.25) is 0 Å². The van der Waals surface area contributed by atoms with Gasteiger partial charge in [-0.1, -0.05) is 0 Å². The first-order valence-corrected chi connectivity index (χ1v) is 4.55. The van der Waals surface area contributed by atoms with E-state index in [1.54, 1.807) is 0 Å². The number of hydrogen-bond acceptors (Lipinski definition) is 3. The molecule has 0 fully saturated rings. The lowest BCUT2D eigenvalue weighted by molar-refractivity contribution is 0.378. The normalized spacial score (nSPS) is 10.4. The van der Waals surface area contributed by atoms with Crippen molar-refractivity contribution >= 4 is 0 Å². The van der Waals surface area contributed by atoms with Crippen molar-refractivity contribution in [3.8, 4) is 11.5 Å². The third-order valence-electron chi connectivity index (χ3n) is 2.02. The predicted octanol–water partition coefficient (Wildman–Crippen LogP) is 1.52. The summed E-state index contributed by atoms with van der Waals surface area (Å²) in [4.78, 5) is 0. The minimum Gasteiger partial charge on any atom is -0.504 e. The van der Waals surface area contributed by atoms with Crippen molar-refractivity contribution in [3.63, 3.8) is 0 Å². The van der Waals surface area contributed by atoms with Gasteiger partial charge < -0.3 is 15.9 Å². The summed E-state index contributed by atoms with van der Waals surface area (Å²) in [6.45, 7) is 0.604. The van der Waals surface area contributed by atoms with Crippen molar-refractivity contribution in [2.45, 2.75) is 19.3 Å². The van der Waals surface area contributed by atoms with Gasteiger partial charge >= 0.3 is 0 Å². The van der Waals surface area contributed by atoms with Gasteiger partial charge in [0, 0.05) is 0 Å². The van der Waals surface area contributed by atoms with E-state index < -0.39 is 17.3 Å². The van der Waals surface area contributed by atoms with Crippen LogP contribution >= 0.6 is 0 Å². The maximum absolute atomic E-state index is 12.9. The first kappa shape index (κ1) is 10.8. The molecule has 0 heterocycles. The van der Waals surface area contributed by atoms with Gasteiger partial charge in [-0.15, -0.1) is 0 Å². The maximum atomic E-state index is 12.9. The molecule has 0 bridgehead atoms. The number of unbranched alkanes of at least 4 members (excludes halogenated alkanes) is 1. The van der Waals surface area contributed by atoms with Crippen molar-refractivity contribution in [1.29, 1.82) is 0 Å². The molecule has 0 radical (unpaired) electrons. The van der Waals surface area contributed by atoms with Gasteiger partial charge in [-0.2, -0.15) is 0 Å². The van der Waals surface area contributed by atoms with Crippen LogP contribution in [0.5, 0.6) is 11.5 Å². The number of aromatic hydroxyl groups is 2. The van der Waals surface area contributed by atoms with Gasteiger partial charge in [0.25, 0.3) is 0 Å². The Hall–Kier alpha value is -1.29. The summed E-state index contributed by atoms with van der Waals surface area (Å²) in [5, 5.41) is 18.1. The Kier molecular flexibility index (Phi) is 3.71. The van der Waals surface area contributed by atoms with Crippen LogP contribution in [0.25, 0.3) is 0 Å². The van der Waals surface area contributed by atoms with E-state index in [2.05, 4.69) is 0 Å². The lowest BCUT2D eigenvalue weighted by Gasteiger charge is -2.04. The Morgan fingerprint density at radius 3 is 2.50 bits per heavy atom. The average Bonchev–Trinajstić information content (AvgIpc) is 2.14. The number of nitrogens with two attached hydrogens (primary N) is 1. The fourth-order valence-corrected chi connectivity index (χ4v) is 1.26. The van der Waals surface area contributed by atoms with Crippen molar-refractivity contribution in [2.24, 2.45) is 5.73 Å². The van der Waals surface area contributed by atoms with E-state index in [-0.39, 0.29) is 0 Å². The molecule has 0 saturated heterocycles. The summed E-state index contributed by atoms with van der Waals surface area (Å²) in [6, 6.07) is 2.60. The highest BCUT2D eigenvalue weighted by Gasteiger charge is 2.08. The first-order chi connectivity index (χ1) is 6.65. The summed E-state index contributed by atoms with van der Waals surface area (Å²) < 4.78 is 12.9. The average molecular weight is 199 g/mol. The second kappa shape index (κ2) is 4.81. The molecule has 4 N–H and O–H groups in total. The van der Waals surface area contributed by atoms with Gasteiger partial charge in [0.1, 0.15) is 0 Å². The number of hydrogen-bond donors (Lipinski definition) is 3. The number of phenolic OH excluding ortho intramolecular Hbond substituents is 2. The molecular weight excluding hydrogens is 185 g/mol. The molecule has 0 aromatic heterocycles. The standard InChI is InChI=1S/C10H14FNO2/c11-8-5-7(3-1-2-4-12)6-9(13)10(8)14/h5-6,13-14H,1-4,12H2. The SMILES string of the molecule is NCCCCc1cc(O)c(O)c(F)c1. The molecule has 3 nitrogen and oxygen atoms in total. The quantitative estimate of drug-likeness (QED) is 0.508. The van der Waals surface area contributed by atoms with Crippen LogP contribution in [0.4, 0.5) is 4.39 Å². The predicted molar refractivity (Wildman–Crippen MR) is 51.7 cm³/mol. The van der Waals surface area contributed by atoms with E-state index in [9.17, 15) is 4.39 Å². The van der Waals surface area contributed by atoms with Crippen LogP contribution in [0.3, 0.4) is 0 Å². The van der Waals surface area contributed by atoms with Crippen LogP contribution in [0, 0.1) is 5.82 Å². The summed E-state index contributed by atoms with van der Waals surface area (Å²) >= 11 is 0. The fraction of sp³-hybridized carbons (Fsp3) is 0.400. The van der Waals surface area contributed by atoms with Crippen LogP contribution in [0.15, 0.2) is 12.1 Å². The summed E-state index contributed by atoms with van der Waals surface area (Å²) in [6.07, 6.45) is 2.37. The molecule has 0 aliphatic rings. The second-order valence-electron chi connectivity index (χ2n) is 3.19. The molecule has 1 rings (SSSR count). The molecule has 1 aromatic carbocycles. The number of halogens is 1. The molecule has 4 heteroatoms. The summed E-state index contributed by atoms with van der Waals surface area (Å²) in [5.41, 5.74) is 5.99. The zero-order valence-corrected chi connectivity index (χ0v) is 7.83. The van der Waals surface area contributed by atoms with E-state index in [1.165, 1.54) is 12.1 Å². The summed E-state index contributed by atoms with van der Waals surface area (Å²) in [7, 11) is 0. The smallest absolute Gasteiger partial charge is 0.194 e. The van der Waals surface area contributed by atoms with Gasteiger partial charge in [-0.05, 0) is 43.5 Å². The van der Waals surface area contributed by atoms with Crippen molar-refractivity contribution < 1.29 is 14.6 Å². The number of aryl methyl sites for hydroxylation is 1. The summed E-state index contributed by atoms with van der Waals surface area (Å²) in [5.74, 6) is -1.88. The lowest BCUT2D eigenvalue weighted by atomic mass is 10.1. The van der Waals surface area contributed by atoms with E-state index >= 15 is 0 Å². The highest BCUT2D eigenvalue weighted by Crippen LogP contribution is 2.29. The molecule has 0 spiro atoms. The third-order valence-corrected chi connectivity index (χ3v) is 2.02. The van der Waals surface area contributed by atoms with Crippen LogP contribution < -0.4 is 5.73 Å². The van der Waals surface area contributed by atoms with Crippen LogP contribution in [-0.2, 0) is 6.42 Å². The fourth-order valence-electron chi connectivity index (χ4n) is 1.26. The van der Waals surface area contributed by atoms with Crippen molar-refractivity contribution in [2.75, 3.05) is 6.54 Å². The highest BCUT2D eigenvalue weighted by atomic mass is 19.1. The Bertz CT molecular complexity index is 292. The third kappa shape index (κ3) is 2.60. The molecule has 0 saturated carbocycles. The molecule has 0 aliphatic carbocycles. The molecule has 0 amide bonds. The van der Waals surface area contributed by atoms with Crippen LogP contribution in [-0.4, -0.2) is 16.8 Å². The first-order valence-electron chi connectivity index (χ1n) is 4.55. The number of benzene rings is 1. The number of rotatable bonds is 4.